The van der Waals surface area contributed by atoms with Crippen LogP contribution in [0.5, 0.6) is 5.75 Å². The van der Waals surface area contributed by atoms with Gasteiger partial charge in [-0.05, 0) is 63.8 Å². The van der Waals surface area contributed by atoms with Gasteiger partial charge < -0.3 is 14.8 Å². The highest BCUT2D eigenvalue weighted by Gasteiger charge is 2.17. The smallest absolute Gasteiger partial charge is 0.119 e. The fraction of sp³-hybridized carbons (Fsp3) is 0.647. The highest BCUT2D eigenvalue weighted by atomic mass is 16.5. The van der Waals surface area contributed by atoms with E-state index in [1.54, 1.807) is 0 Å². The zero-order valence-electron chi connectivity index (χ0n) is 12.7. The summed E-state index contributed by atoms with van der Waals surface area (Å²) < 4.78 is 11.3. The van der Waals surface area contributed by atoms with Crippen LogP contribution in [0.1, 0.15) is 50.6 Å². The molecule has 3 nitrogen and oxygen atoms in total. The third kappa shape index (κ3) is 4.50. The highest BCUT2D eigenvalue weighted by Crippen LogP contribution is 2.25. The van der Waals surface area contributed by atoms with E-state index < -0.39 is 0 Å². The first-order chi connectivity index (χ1) is 9.83. The van der Waals surface area contributed by atoms with Crippen molar-refractivity contribution in [2.75, 3.05) is 20.3 Å². The second-order valence-electron chi connectivity index (χ2n) is 5.41. The highest BCUT2D eigenvalue weighted by molar-refractivity contribution is 5.29. The Bertz CT molecular complexity index is 371. The van der Waals surface area contributed by atoms with Gasteiger partial charge in [0.1, 0.15) is 5.75 Å². The second-order valence-corrected chi connectivity index (χ2v) is 5.41. The minimum Gasteiger partial charge on any atom is -0.494 e. The minimum absolute atomic E-state index is 0.399. The van der Waals surface area contributed by atoms with Crippen LogP contribution in [0.2, 0.25) is 0 Å². The molecule has 1 aliphatic heterocycles. The number of nitrogens with one attached hydrogen (secondary N) is 1. The van der Waals surface area contributed by atoms with Crippen molar-refractivity contribution in [1.82, 2.24) is 5.32 Å². The zero-order chi connectivity index (χ0) is 14.2. The predicted octanol–water partition coefficient (Wildman–Crippen LogP) is 3.70. The van der Waals surface area contributed by atoms with Crippen LogP contribution in [-0.2, 0) is 4.74 Å². The van der Waals surface area contributed by atoms with Crippen molar-refractivity contribution < 1.29 is 9.47 Å². The topological polar surface area (TPSA) is 30.5 Å². The van der Waals surface area contributed by atoms with Crippen LogP contribution in [-0.4, -0.2) is 26.4 Å². The Balaban J connectivity index is 1.86. The zero-order valence-corrected chi connectivity index (χ0v) is 12.7. The molecule has 0 amide bonds. The number of rotatable bonds is 7. The fourth-order valence-corrected chi connectivity index (χ4v) is 2.83. The lowest BCUT2D eigenvalue weighted by molar-refractivity contribution is 0.00866. The van der Waals surface area contributed by atoms with Gasteiger partial charge in [-0.1, -0.05) is 12.1 Å². The van der Waals surface area contributed by atoms with E-state index in [0.717, 1.165) is 25.2 Å². The van der Waals surface area contributed by atoms with Gasteiger partial charge in [-0.15, -0.1) is 0 Å². The number of hydrogen-bond donors (Lipinski definition) is 1. The summed E-state index contributed by atoms with van der Waals surface area (Å²) in [7, 11) is 2.03. The molecule has 1 aliphatic rings. The van der Waals surface area contributed by atoms with Gasteiger partial charge in [-0.3, -0.25) is 0 Å². The van der Waals surface area contributed by atoms with E-state index >= 15 is 0 Å². The van der Waals surface area contributed by atoms with Crippen LogP contribution in [0.15, 0.2) is 24.3 Å². The van der Waals surface area contributed by atoms with Crippen LogP contribution in [0.3, 0.4) is 0 Å². The van der Waals surface area contributed by atoms with Gasteiger partial charge in [0.25, 0.3) is 0 Å². The van der Waals surface area contributed by atoms with E-state index in [2.05, 4.69) is 29.6 Å². The largest absolute Gasteiger partial charge is 0.494 e. The summed E-state index contributed by atoms with van der Waals surface area (Å²) in [6, 6.07) is 8.83. The molecule has 2 unspecified atom stereocenters. The Morgan fingerprint density at radius 1 is 1.30 bits per heavy atom. The average molecular weight is 277 g/mol. The normalized spacial score (nSPS) is 20.6. The molecule has 0 aromatic heterocycles. The summed E-state index contributed by atoms with van der Waals surface area (Å²) in [5.74, 6) is 0.946. The van der Waals surface area contributed by atoms with Crippen molar-refractivity contribution >= 4 is 0 Å². The molecule has 1 aromatic rings. The molecule has 1 saturated heterocycles. The number of ether oxygens (including phenoxy) is 2. The van der Waals surface area contributed by atoms with Crippen LogP contribution >= 0.6 is 0 Å². The van der Waals surface area contributed by atoms with Crippen molar-refractivity contribution in [2.45, 2.75) is 51.2 Å². The van der Waals surface area contributed by atoms with E-state index in [-0.39, 0.29) is 0 Å². The summed E-state index contributed by atoms with van der Waals surface area (Å²) in [5, 5.41) is 3.41. The molecular weight excluding hydrogens is 250 g/mol. The summed E-state index contributed by atoms with van der Waals surface area (Å²) >= 11 is 0. The van der Waals surface area contributed by atoms with Crippen molar-refractivity contribution in [3.8, 4) is 5.75 Å². The lowest BCUT2D eigenvalue weighted by Gasteiger charge is -2.25. The summed E-state index contributed by atoms with van der Waals surface area (Å²) in [5.41, 5.74) is 1.33. The molecule has 0 saturated carbocycles. The molecule has 1 aromatic carbocycles. The molecule has 2 rings (SSSR count). The van der Waals surface area contributed by atoms with E-state index in [4.69, 9.17) is 9.47 Å². The van der Waals surface area contributed by atoms with Gasteiger partial charge in [0.15, 0.2) is 0 Å². The standard InChI is InChI=1S/C17H27NO2/c1-3-19-16-9-7-14(8-10-16)17(18-2)12-11-15-6-4-5-13-20-15/h7-10,15,17-18H,3-6,11-13H2,1-2H3. The van der Waals surface area contributed by atoms with Crippen molar-refractivity contribution in [3.63, 3.8) is 0 Å². The Morgan fingerprint density at radius 3 is 2.70 bits per heavy atom. The molecule has 0 bridgehead atoms. The SMILES string of the molecule is CCOc1ccc(C(CCC2CCCCO2)NC)cc1. The fourth-order valence-electron chi connectivity index (χ4n) is 2.83. The third-order valence-electron chi connectivity index (χ3n) is 3.99. The molecule has 1 fully saturated rings. The Morgan fingerprint density at radius 2 is 2.10 bits per heavy atom. The molecule has 0 spiro atoms. The van der Waals surface area contributed by atoms with Gasteiger partial charge in [-0.25, -0.2) is 0 Å². The lowest BCUT2D eigenvalue weighted by atomic mass is 9.97. The van der Waals surface area contributed by atoms with Crippen LogP contribution < -0.4 is 10.1 Å². The number of benzene rings is 1. The monoisotopic (exact) mass is 277 g/mol. The molecular formula is C17H27NO2. The maximum Gasteiger partial charge on any atom is 0.119 e. The second kappa shape index (κ2) is 8.28. The molecule has 20 heavy (non-hydrogen) atoms. The molecule has 1 heterocycles. The maximum absolute atomic E-state index is 5.81. The molecule has 1 N–H and O–H groups in total. The van der Waals surface area contributed by atoms with Crippen molar-refractivity contribution in [2.24, 2.45) is 0 Å². The van der Waals surface area contributed by atoms with Gasteiger partial charge >= 0.3 is 0 Å². The third-order valence-corrected chi connectivity index (χ3v) is 3.99. The first-order valence-electron chi connectivity index (χ1n) is 7.85. The van der Waals surface area contributed by atoms with Gasteiger partial charge in [0, 0.05) is 12.6 Å². The van der Waals surface area contributed by atoms with Crippen LogP contribution in [0.25, 0.3) is 0 Å². The summed E-state index contributed by atoms with van der Waals surface area (Å²) in [4.78, 5) is 0. The summed E-state index contributed by atoms with van der Waals surface area (Å²) in [6.45, 7) is 3.67. The molecule has 0 aliphatic carbocycles. The lowest BCUT2D eigenvalue weighted by Crippen LogP contribution is -2.23. The van der Waals surface area contributed by atoms with Gasteiger partial charge in [-0.2, -0.15) is 0 Å². The predicted molar refractivity (Wildman–Crippen MR) is 82.2 cm³/mol. The maximum atomic E-state index is 5.81. The molecule has 0 radical (unpaired) electrons. The van der Waals surface area contributed by atoms with E-state index in [1.165, 1.54) is 24.8 Å². The Labute approximate surface area is 122 Å². The minimum atomic E-state index is 0.399. The Hall–Kier alpha value is -1.06. The van der Waals surface area contributed by atoms with Crippen molar-refractivity contribution in [3.05, 3.63) is 29.8 Å². The van der Waals surface area contributed by atoms with E-state index in [1.807, 2.05) is 14.0 Å². The van der Waals surface area contributed by atoms with E-state index in [9.17, 15) is 0 Å². The number of hydrogen-bond acceptors (Lipinski definition) is 3. The van der Waals surface area contributed by atoms with Gasteiger partial charge in [0.05, 0.1) is 12.7 Å². The summed E-state index contributed by atoms with van der Waals surface area (Å²) in [6.07, 6.45) is 6.48. The Kier molecular flexibility index (Phi) is 6.34. The molecule has 3 heteroatoms. The molecule has 112 valence electrons. The van der Waals surface area contributed by atoms with Gasteiger partial charge in [0.2, 0.25) is 0 Å². The van der Waals surface area contributed by atoms with Crippen LogP contribution in [0.4, 0.5) is 0 Å². The first kappa shape index (κ1) is 15.3. The van der Waals surface area contributed by atoms with E-state index in [0.29, 0.717) is 18.8 Å². The first-order valence-corrected chi connectivity index (χ1v) is 7.85. The molecule has 2 atom stereocenters. The van der Waals surface area contributed by atoms with Crippen LogP contribution in [0, 0.1) is 0 Å². The quantitative estimate of drug-likeness (QED) is 0.824. The average Bonchev–Trinajstić information content (AvgIpc) is 2.51. The van der Waals surface area contributed by atoms with Crippen molar-refractivity contribution in [1.29, 1.82) is 0 Å².